The maximum atomic E-state index is 12.7. The Morgan fingerprint density at radius 2 is 1.66 bits per heavy atom. The van der Waals surface area contributed by atoms with Crippen LogP contribution in [0.15, 0.2) is 71.6 Å². The monoisotopic (exact) mass is 492 g/mol. The van der Waals surface area contributed by atoms with E-state index in [9.17, 15) is 13.2 Å². The van der Waals surface area contributed by atoms with E-state index < -0.39 is 16.1 Å². The molecule has 0 spiro atoms. The molecular weight excluding hydrogens is 471 g/mol. The summed E-state index contributed by atoms with van der Waals surface area (Å²) in [6.45, 7) is 3.82. The summed E-state index contributed by atoms with van der Waals surface area (Å²) < 4.78 is 33.5. The Morgan fingerprint density at radius 1 is 1.00 bits per heavy atom. The third kappa shape index (κ3) is 5.94. The lowest BCUT2D eigenvalue weighted by Gasteiger charge is -2.17. The van der Waals surface area contributed by atoms with Crippen molar-refractivity contribution in [3.8, 4) is 5.75 Å². The summed E-state index contributed by atoms with van der Waals surface area (Å²) >= 11 is 12.0. The van der Waals surface area contributed by atoms with Gasteiger partial charge in [-0.2, -0.15) is 0 Å². The van der Waals surface area contributed by atoms with Crippen molar-refractivity contribution in [2.45, 2.75) is 31.3 Å². The van der Waals surface area contributed by atoms with Gasteiger partial charge in [-0.25, -0.2) is 8.42 Å². The number of aryl methyl sites for hydroxylation is 1. The van der Waals surface area contributed by atoms with E-state index in [-0.39, 0.29) is 26.5 Å². The predicted molar refractivity (Wildman–Crippen MR) is 128 cm³/mol. The van der Waals surface area contributed by atoms with Crippen molar-refractivity contribution in [2.75, 3.05) is 10.0 Å². The van der Waals surface area contributed by atoms with Crippen LogP contribution < -0.4 is 14.8 Å². The fraction of sp³-hybridized carbons (Fsp3) is 0.174. The molecule has 0 fully saturated rings. The summed E-state index contributed by atoms with van der Waals surface area (Å²) in [5.74, 6) is 0.275. The van der Waals surface area contributed by atoms with Gasteiger partial charge in [-0.05, 0) is 61.9 Å². The number of carbonyl (C=O) groups excluding carboxylic acids is 1. The second-order valence-corrected chi connectivity index (χ2v) is 9.52. The summed E-state index contributed by atoms with van der Waals surface area (Å²) in [4.78, 5) is 12.6. The number of hydrogen-bond donors (Lipinski definition) is 2. The standard InChI is InChI=1S/C23H22Cl2N2O4S/c1-3-21(31-17-11-7-15(2)8-12-17)23(28)26-16-9-13-18(14-10-16)32(29,30)27-20-6-4-5-19(24)22(20)25/h4-14,21,27H,3H2,1-2H3,(H,26,28)/t21-/m0/s1. The van der Waals surface area contributed by atoms with Crippen LogP contribution in [0.3, 0.4) is 0 Å². The summed E-state index contributed by atoms with van der Waals surface area (Å²) in [5, 5.41) is 3.10. The van der Waals surface area contributed by atoms with Crippen molar-refractivity contribution in [2.24, 2.45) is 0 Å². The first-order valence-electron chi connectivity index (χ1n) is 9.80. The van der Waals surface area contributed by atoms with E-state index in [0.29, 0.717) is 17.9 Å². The fourth-order valence-electron chi connectivity index (χ4n) is 2.83. The number of nitrogens with one attached hydrogen (secondary N) is 2. The van der Waals surface area contributed by atoms with Crippen LogP contribution in [0.25, 0.3) is 0 Å². The second-order valence-electron chi connectivity index (χ2n) is 7.05. The van der Waals surface area contributed by atoms with E-state index >= 15 is 0 Å². The normalized spacial score (nSPS) is 12.1. The van der Waals surface area contributed by atoms with E-state index in [1.54, 1.807) is 12.1 Å². The molecule has 6 nitrogen and oxygen atoms in total. The van der Waals surface area contributed by atoms with Gasteiger partial charge in [-0.3, -0.25) is 9.52 Å². The van der Waals surface area contributed by atoms with Gasteiger partial charge < -0.3 is 10.1 Å². The molecule has 3 rings (SSSR count). The van der Waals surface area contributed by atoms with Crippen molar-refractivity contribution in [3.63, 3.8) is 0 Å². The highest BCUT2D eigenvalue weighted by molar-refractivity contribution is 7.92. The van der Waals surface area contributed by atoms with E-state index in [4.69, 9.17) is 27.9 Å². The van der Waals surface area contributed by atoms with E-state index in [1.165, 1.54) is 30.3 Å². The average Bonchev–Trinajstić information content (AvgIpc) is 2.76. The number of benzene rings is 3. The van der Waals surface area contributed by atoms with Crippen molar-refractivity contribution < 1.29 is 17.9 Å². The van der Waals surface area contributed by atoms with Gasteiger partial charge in [0.15, 0.2) is 6.10 Å². The lowest BCUT2D eigenvalue weighted by atomic mass is 10.2. The number of sulfonamides is 1. The molecule has 0 aliphatic carbocycles. The van der Waals surface area contributed by atoms with E-state index in [1.807, 2.05) is 38.1 Å². The van der Waals surface area contributed by atoms with Gasteiger partial charge in [0, 0.05) is 5.69 Å². The number of halogens is 2. The Kier molecular flexibility index (Phi) is 7.66. The molecule has 0 saturated carbocycles. The Hall–Kier alpha value is -2.74. The van der Waals surface area contributed by atoms with Crippen molar-refractivity contribution in [1.29, 1.82) is 0 Å². The maximum absolute atomic E-state index is 12.7. The minimum atomic E-state index is -3.89. The lowest BCUT2D eigenvalue weighted by molar-refractivity contribution is -0.122. The molecule has 1 amide bonds. The molecule has 0 aliphatic heterocycles. The molecule has 1 atom stereocenters. The average molecular weight is 493 g/mol. The highest BCUT2D eigenvalue weighted by atomic mass is 35.5. The number of rotatable bonds is 8. The number of hydrogen-bond acceptors (Lipinski definition) is 4. The molecule has 168 valence electrons. The third-order valence-electron chi connectivity index (χ3n) is 4.59. The summed E-state index contributed by atoms with van der Waals surface area (Å²) in [6.07, 6.45) is -0.219. The van der Waals surface area contributed by atoms with Gasteiger partial charge in [0.1, 0.15) is 5.75 Å². The quantitative estimate of drug-likeness (QED) is 0.409. The number of anilines is 2. The molecule has 9 heteroatoms. The Bertz CT molecular complexity index is 1200. The predicted octanol–water partition coefficient (Wildman–Crippen LogP) is 5.90. The molecule has 0 aliphatic rings. The molecule has 3 aromatic carbocycles. The Morgan fingerprint density at radius 3 is 2.28 bits per heavy atom. The molecule has 32 heavy (non-hydrogen) atoms. The molecule has 0 unspecified atom stereocenters. The fourth-order valence-corrected chi connectivity index (χ4v) is 4.31. The first-order valence-corrected chi connectivity index (χ1v) is 12.0. The van der Waals surface area contributed by atoms with Crippen LogP contribution in [-0.4, -0.2) is 20.4 Å². The maximum Gasteiger partial charge on any atom is 0.265 e. The molecule has 0 radical (unpaired) electrons. The second kappa shape index (κ2) is 10.3. The van der Waals surface area contributed by atoms with Gasteiger partial charge in [-0.15, -0.1) is 0 Å². The largest absolute Gasteiger partial charge is 0.481 e. The lowest BCUT2D eigenvalue weighted by Crippen LogP contribution is -2.32. The highest BCUT2D eigenvalue weighted by Crippen LogP contribution is 2.31. The molecule has 2 N–H and O–H groups in total. The summed E-state index contributed by atoms with van der Waals surface area (Å²) in [7, 11) is -3.89. The SMILES string of the molecule is CC[C@H](Oc1ccc(C)cc1)C(=O)Nc1ccc(S(=O)(=O)Nc2cccc(Cl)c2Cl)cc1. The van der Waals surface area contributed by atoms with Crippen LogP contribution in [0, 0.1) is 6.92 Å². The summed E-state index contributed by atoms with van der Waals surface area (Å²) in [6, 6.07) is 17.9. The van der Waals surface area contributed by atoms with Crippen molar-refractivity contribution in [1.82, 2.24) is 0 Å². The Labute approximate surface area is 197 Å². The van der Waals surface area contributed by atoms with E-state index in [0.717, 1.165) is 5.56 Å². The van der Waals surface area contributed by atoms with Crippen LogP contribution in [0.2, 0.25) is 10.0 Å². The number of ether oxygens (including phenoxy) is 1. The van der Waals surface area contributed by atoms with Crippen LogP contribution in [0.4, 0.5) is 11.4 Å². The smallest absolute Gasteiger partial charge is 0.265 e. The van der Waals surface area contributed by atoms with Crippen LogP contribution in [-0.2, 0) is 14.8 Å². The highest BCUT2D eigenvalue weighted by Gasteiger charge is 2.20. The number of carbonyl (C=O) groups is 1. The summed E-state index contributed by atoms with van der Waals surface area (Å²) in [5.41, 5.74) is 1.72. The topological polar surface area (TPSA) is 84.5 Å². The van der Waals surface area contributed by atoms with Gasteiger partial charge >= 0.3 is 0 Å². The molecule has 0 bridgehead atoms. The molecule has 0 aromatic heterocycles. The first-order chi connectivity index (χ1) is 15.2. The van der Waals surface area contributed by atoms with E-state index in [2.05, 4.69) is 10.0 Å². The zero-order valence-corrected chi connectivity index (χ0v) is 19.8. The third-order valence-corrected chi connectivity index (χ3v) is 6.79. The molecule has 0 saturated heterocycles. The Balaban J connectivity index is 1.68. The number of amides is 1. The minimum absolute atomic E-state index is 0.00879. The van der Waals surface area contributed by atoms with Gasteiger partial charge in [0.2, 0.25) is 0 Å². The van der Waals surface area contributed by atoms with Gasteiger partial charge in [0.05, 0.1) is 20.6 Å². The van der Waals surface area contributed by atoms with Crippen LogP contribution >= 0.6 is 23.2 Å². The molecular formula is C23H22Cl2N2O4S. The molecule has 3 aromatic rings. The van der Waals surface area contributed by atoms with Crippen LogP contribution in [0.1, 0.15) is 18.9 Å². The minimum Gasteiger partial charge on any atom is -0.481 e. The van der Waals surface area contributed by atoms with Gasteiger partial charge in [0.25, 0.3) is 15.9 Å². The zero-order chi connectivity index (χ0) is 23.3. The van der Waals surface area contributed by atoms with Crippen molar-refractivity contribution in [3.05, 3.63) is 82.3 Å². The van der Waals surface area contributed by atoms with Crippen LogP contribution in [0.5, 0.6) is 5.75 Å². The van der Waals surface area contributed by atoms with Gasteiger partial charge in [-0.1, -0.05) is 53.9 Å². The van der Waals surface area contributed by atoms with Crippen molar-refractivity contribution >= 4 is 50.5 Å². The first kappa shape index (κ1) is 23.9. The zero-order valence-electron chi connectivity index (χ0n) is 17.4. The molecule has 0 heterocycles.